The SMILES string of the molecule is CCOc1cc(C(=O)OCc2nc(-c3ccc(Cl)cc3)no2)ccc1OC. The van der Waals surface area contributed by atoms with Gasteiger partial charge < -0.3 is 18.7 Å². The van der Waals surface area contributed by atoms with Gasteiger partial charge in [-0.25, -0.2) is 4.79 Å². The molecule has 0 fully saturated rings. The van der Waals surface area contributed by atoms with Crippen molar-refractivity contribution in [1.82, 2.24) is 10.1 Å². The number of hydrogen-bond acceptors (Lipinski definition) is 7. The molecule has 0 bridgehead atoms. The molecule has 0 radical (unpaired) electrons. The minimum atomic E-state index is -0.537. The van der Waals surface area contributed by atoms with E-state index in [1.165, 1.54) is 7.11 Å². The zero-order valence-corrected chi connectivity index (χ0v) is 15.5. The van der Waals surface area contributed by atoms with Crippen LogP contribution in [0.1, 0.15) is 23.2 Å². The van der Waals surface area contributed by atoms with E-state index in [0.29, 0.717) is 34.5 Å². The Morgan fingerprint density at radius 1 is 1.15 bits per heavy atom. The molecule has 0 unspecified atom stereocenters. The first kappa shape index (κ1) is 18.7. The Morgan fingerprint density at radius 3 is 2.63 bits per heavy atom. The number of hydrogen-bond donors (Lipinski definition) is 0. The third-order valence-electron chi connectivity index (χ3n) is 3.60. The molecule has 0 aliphatic rings. The molecule has 0 spiro atoms. The van der Waals surface area contributed by atoms with Crippen LogP contribution in [0.15, 0.2) is 47.0 Å². The number of carbonyl (C=O) groups excluding carboxylic acids is 1. The van der Waals surface area contributed by atoms with Gasteiger partial charge in [-0.05, 0) is 49.4 Å². The number of nitrogens with zero attached hydrogens (tertiary/aromatic N) is 2. The van der Waals surface area contributed by atoms with Crippen molar-refractivity contribution >= 4 is 17.6 Å². The fourth-order valence-corrected chi connectivity index (χ4v) is 2.44. The molecule has 2 aromatic carbocycles. The third-order valence-corrected chi connectivity index (χ3v) is 3.85. The normalized spacial score (nSPS) is 10.5. The highest BCUT2D eigenvalue weighted by atomic mass is 35.5. The first-order valence-electron chi connectivity index (χ1n) is 8.17. The second kappa shape index (κ2) is 8.55. The first-order chi connectivity index (χ1) is 13.1. The largest absolute Gasteiger partial charge is 0.493 e. The van der Waals surface area contributed by atoms with E-state index in [-0.39, 0.29) is 12.5 Å². The van der Waals surface area contributed by atoms with E-state index in [9.17, 15) is 4.79 Å². The molecular weight excluding hydrogens is 372 g/mol. The van der Waals surface area contributed by atoms with Crippen molar-refractivity contribution in [3.05, 3.63) is 58.9 Å². The van der Waals surface area contributed by atoms with Crippen molar-refractivity contribution in [2.24, 2.45) is 0 Å². The van der Waals surface area contributed by atoms with Crippen LogP contribution in [0, 0.1) is 0 Å². The molecule has 0 atom stereocenters. The average molecular weight is 389 g/mol. The second-order valence-corrected chi connectivity index (χ2v) is 5.83. The van der Waals surface area contributed by atoms with Crippen LogP contribution in [0.5, 0.6) is 11.5 Å². The van der Waals surface area contributed by atoms with Crippen molar-refractivity contribution < 1.29 is 23.5 Å². The summed E-state index contributed by atoms with van der Waals surface area (Å²) in [6.45, 7) is 2.15. The Morgan fingerprint density at radius 2 is 1.93 bits per heavy atom. The number of rotatable bonds is 7. The molecule has 0 aliphatic heterocycles. The highest BCUT2D eigenvalue weighted by molar-refractivity contribution is 6.30. The lowest BCUT2D eigenvalue weighted by atomic mass is 10.2. The maximum absolute atomic E-state index is 12.3. The van der Waals surface area contributed by atoms with E-state index in [1.807, 2.05) is 6.92 Å². The highest BCUT2D eigenvalue weighted by Gasteiger charge is 2.15. The number of ether oxygens (including phenoxy) is 3. The monoisotopic (exact) mass is 388 g/mol. The molecule has 1 heterocycles. The van der Waals surface area contributed by atoms with E-state index in [1.54, 1.807) is 42.5 Å². The van der Waals surface area contributed by atoms with Crippen molar-refractivity contribution in [3.8, 4) is 22.9 Å². The van der Waals surface area contributed by atoms with Gasteiger partial charge in [0.05, 0.1) is 19.3 Å². The summed E-state index contributed by atoms with van der Waals surface area (Å²) in [6, 6.07) is 11.8. The fraction of sp³-hybridized carbons (Fsp3) is 0.211. The Labute approximate surface area is 160 Å². The van der Waals surface area contributed by atoms with Crippen LogP contribution in [0.3, 0.4) is 0 Å². The summed E-state index contributed by atoms with van der Waals surface area (Å²) < 4.78 is 21.0. The highest BCUT2D eigenvalue weighted by Crippen LogP contribution is 2.28. The fourth-order valence-electron chi connectivity index (χ4n) is 2.31. The van der Waals surface area contributed by atoms with E-state index in [4.69, 9.17) is 30.3 Å². The van der Waals surface area contributed by atoms with E-state index in [0.717, 1.165) is 5.56 Å². The minimum Gasteiger partial charge on any atom is -0.493 e. The van der Waals surface area contributed by atoms with Crippen molar-refractivity contribution in [2.75, 3.05) is 13.7 Å². The van der Waals surface area contributed by atoms with Crippen LogP contribution in [-0.4, -0.2) is 29.8 Å². The molecule has 0 N–H and O–H groups in total. The second-order valence-electron chi connectivity index (χ2n) is 5.39. The summed E-state index contributed by atoms with van der Waals surface area (Å²) >= 11 is 5.86. The first-order valence-corrected chi connectivity index (χ1v) is 8.55. The predicted octanol–water partition coefficient (Wildman–Crippen LogP) is 4.15. The molecule has 3 rings (SSSR count). The standard InChI is InChI=1S/C19H17ClN2O5/c1-3-25-16-10-13(6-9-15(16)24-2)19(23)26-11-17-21-18(22-27-17)12-4-7-14(20)8-5-12/h4-10H,3,11H2,1-2H3. The predicted molar refractivity (Wildman–Crippen MR) is 98.0 cm³/mol. The summed E-state index contributed by atoms with van der Waals surface area (Å²) in [6.07, 6.45) is 0. The van der Waals surface area contributed by atoms with Gasteiger partial charge in [-0.15, -0.1) is 0 Å². The Balaban J connectivity index is 1.66. The third kappa shape index (κ3) is 4.57. The van der Waals surface area contributed by atoms with Crippen LogP contribution < -0.4 is 9.47 Å². The molecule has 140 valence electrons. The quantitative estimate of drug-likeness (QED) is 0.562. The van der Waals surface area contributed by atoms with Gasteiger partial charge in [-0.1, -0.05) is 16.8 Å². The van der Waals surface area contributed by atoms with Gasteiger partial charge in [-0.3, -0.25) is 0 Å². The minimum absolute atomic E-state index is 0.143. The zero-order valence-electron chi connectivity index (χ0n) is 14.8. The number of halogens is 1. The molecule has 0 saturated heterocycles. The Kier molecular flexibility index (Phi) is 5.93. The van der Waals surface area contributed by atoms with Crippen LogP contribution in [0.25, 0.3) is 11.4 Å². The van der Waals surface area contributed by atoms with Crippen LogP contribution in [-0.2, 0) is 11.3 Å². The van der Waals surface area contributed by atoms with E-state index in [2.05, 4.69) is 10.1 Å². The lowest BCUT2D eigenvalue weighted by molar-refractivity contribution is 0.0429. The van der Waals surface area contributed by atoms with Crippen LogP contribution in [0.4, 0.5) is 0 Å². The Hall–Kier alpha value is -3.06. The molecule has 0 saturated carbocycles. The number of carbonyl (C=O) groups is 1. The van der Waals surface area contributed by atoms with Gasteiger partial charge in [0.1, 0.15) is 0 Å². The molecular formula is C19H17ClN2O5. The van der Waals surface area contributed by atoms with Crippen LogP contribution >= 0.6 is 11.6 Å². The summed E-state index contributed by atoms with van der Waals surface area (Å²) in [5.74, 6) is 1.05. The smallest absolute Gasteiger partial charge is 0.338 e. The molecule has 0 amide bonds. The maximum atomic E-state index is 12.3. The number of methoxy groups -OCH3 is 1. The average Bonchev–Trinajstić information content (AvgIpc) is 3.16. The summed E-state index contributed by atoms with van der Waals surface area (Å²) in [5.41, 5.74) is 1.08. The number of aromatic nitrogens is 2. The molecule has 27 heavy (non-hydrogen) atoms. The van der Waals surface area contributed by atoms with E-state index >= 15 is 0 Å². The van der Waals surface area contributed by atoms with E-state index < -0.39 is 5.97 Å². The molecule has 1 aromatic heterocycles. The zero-order chi connectivity index (χ0) is 19.2. The molecule has 8 heteroatoms. The topological polar surface area (TPSA) is 83.7 Å². The lowest BCUT2D eigenvalue weighted by Crippen LogP contribution is -2.06. The Bertz CT molecular complexity index is 924. The molecule has 3 aromatic rings. The van der Waals surface area contributed by atoms with Crippen LogP contribution in [0.2, 0.25) is 5.02 Å². The van der Waals surface area contributed by atoms with Gasteiger partial charge in [-0.2, -0.15) is 4.98 Å². The summed E-state index contributed by atoms with van der Waals surface area (Å²) in [4.78, 5) is 16.5. The lowest BCUT2D eigenvalue weighted by Gasteiger charge is -2.10. The van der Waals surface area contributed by atoms with Crippen molar-refractivity contribution in [2.45, 2.75) is 13.5 Å². The number of esters is 1. The van der Waals surface area contributed by atoms with Gasteiger partial charge in [0, 0.05) is 10.6 Å². The van der Waals surface area contributed by atoms with Gasteiger partial charge in [0.2, 0.25) is 5.82 Å². The molecule has 0 aliphatic carbocycles. The van der Waals surface area contributed by atoms with Crippen molar-refractivity contribution in [3.63, 3.8) is 0 Å². The van der Waals surface area contributed by atoms with Gasteiger partial charge >= 0.3 is 5.97 Å². The summed E-state index contributed by atoms with van der Waals surface area (Å²) in [7, 11) is 1.53. The van der Waals surface area contributed by atoms with Gasteiger partial charge in [0.15, 0.2) is 18.1 Å². The molecule has 7 nitrogen and oxygen atoms in total. The van der Waals surface area contributed by atoms with Crippen molar-refractivity contribution in [1.29, 1.82) is 0 Å². The van der Waals surface area contributed by atoms with Gasteiger partial charge in [0.25, 0.3) is 5.89 Å². The maximum Gasteiger partial charge on any atom is 0.338 e. The number of benzene rings is 2. The summed E-state index contributed by atoms with van der Waals surface area (Å²) in [5, 5.41) is 4.48.